The lowest BCUT2D eigenvalue weighted by Crippen LogP contribution is -2.49. The summed E-state index contributed by atoms with van der Waals surface area (Å²) in [6.45, 7) is 6.32. The molecule has 130 valence electrons. The Balaban J connectivity index is 1.78. The molecule has 6 nitrogen and oxygen atoms in total. The summed E-state index contributed by atoms with van der Waals surface area (Å²) in [5.74, 6) is 0. The predicted molar refractivity (Wildman–Crippen MR) is 95.1 cm³/mol. The van der Waals surface area contributed by atoms with Crippen molar-refractivity contribution >= 4 is 27.3 Å². The van der Waals surface area contributed by atoms with Crippen molar-refractivity contribution in [2.75, 3.05) is 31.1 Å². The Morgan fingerprint density at radius 2 is 1.79 bits per heavy atom. The summed E-state index contributed by atoms with van der Waals surface area (Å²) < 4.78 is 28.4. The zero-order valence-corrected chi connectivity index (χ0v) is 15.6. The van der Waals surface area contributed by atoms with E-state index in [4.69, 9.17) is 11.6 Å². The quantitative estimate of drug-likeness (QED) is 0.833. The summed E-state index contributed by atoms with van der Waals surface area (Å²) in [4.78, 5) is 6.18. The molecule has 0 radical (unpaired) electrons. The highest BCUT2D eigenvalue weighted by atomic mass is 35.5. The zero-order chi connectivity index (χ0) is 17.5. The number of nitrogens with zero attached hydrogens (tertiary/aromatic N) is 4. The normalized spacial score (nSPS) is 16.6. The molecule has 0 unspecified atom stereocenters. The number of anilines is 1. The smallest absolute Gasteiger partial charge is 0.263 e. The van der Waals surface area contributed by atoms with Crippen molar-refractivity contribution in [3.63, 3.8) is 0 Å². The minimum atomic E-state index is -3.65. The molecule has 0 bridgehead atoms. The third kappa shape index (κ3) is 2.92. The van der Waals surface area contributed by atoms with E-state index in [9.17, 15) is 8.42 Å². The molecular formula is C16H21ClN4O2S. The van der Waals surface area contributed by atoms with Crippen LogP contribution in [0.1, 0.15) is 11.1 Å². The topological polar surface area (TPSA) is 58.4 Å². The van der Waals surface area contributed by atoms with E-state index in [0.29, 0.717) is 26.2 Å². The summed E-state index contributed by atoms with van der Waals surface area (Å²) in [6, 6.07) is 6.21. The van der Waals surface area contributed by atoms with Crippen molar-refractivity contribution in [1.82, 2.24) is 13.9 Å². The number of piperazine rings is 1. The fourth-order valence-corrected chi connectivity index (χ4v) is 4.75. The highest BCUT2D eigenvalue weighted by molar-refractivity contribution is 7.89. The Hall–Kier alpha value is -1.57. The second kappa shape index (κ2) is 6.38. The molecule has 1 fully saturated rings. The first-order valence-corrected chi connectivity index (χ1v) is 9.62. The number of imidazole rings is 1. The molecular weight excluding hydrogens is 348 g/mol. The van der Waals surface area contributed by atoms with Gasteiger partial charge in [0.1, 0.15) is 5.15 Å². The van der Waals surface area contributed by atoms with Gasteiger partial charge in [0.25, 0.3) is 10.0 Å². The van der Waals surface area contributed by atoms with E-state index in [0.717, 1.165) is 0 Å². The lowest BCUT2D eigenvalue weighted by molar-refractivity contribution is 0.383. The van der Waals surface area contributed by atoms with Gasteiger partial charge in [-0.3, -0.25) is 0 Å². The largest absolute Gasteiger partial charge is 0.369 e. The van der Waals surface area contributed by atoms with E-state index in [1.807, 2.05) is 6.07 Å². The Labute approximate surface area is 147 Å². The standard InChI is InChI=1S/C16H21ClN4O2S/c1-12-5-4-6-14(13(12)2)20-7-9-21(10-8-20)24(22,23)16-15(17)19(3)11-18-16/h4-6,11H,7-10H2,1-3H3. The molecule has 1 aliphatic rings. The van der Waals surface area contributed by atoms with Crippen LogP contribution >= 0.6 is 11.6 Å². The third-order valence-electron chi connectivity index (χ3n) is 4.57. The number of sulfonamides is 1. The van der Waals surface area contributed by atoms with Crippen molar-refractivity contribution in [2.45, 2.75) is 18.9 Å². The summed E-state index contributed by atoms with van der Waals surface area (Å²) in [5, 5.41) is 0.0822. The van der Waals surface area contributed by atoms with Crippen LogP contribution in [0.25, 0.3) is 0 Å². The number of benzene rings is 1. The van der Waals surface area contributed by atoms with Crippen LogP contribution in [0.3, 0.4) is 0 Å². The Morgan fingerprint density at radius 1 is 1.12 bits per heavy atom. The zero-order valence-electron chi connectivity index (χ0n) is 14.0. The highest BCUT2D eigenvalue weighted by Crippen LogP contribution is 2.27. The first-order chi connectivity index (χ1) is 11.3. The first-order valence-electron chi connectivity index (χ1n) is 7.80. The predicted octanol–water partition coefficient (Wildman–Crippen LogP) is 2.20. The molecule has 0 aliphatic carbocycles. The van der Waals surface area contributed by atoms with Gasteiger partial charge in [0.15, 0.2) is 0 Å². The van der Waals surface area contributed by atoms with Crippen LogP contribution < -0.4 is 4.90 Å². The van der Waals surface area contributed by atoms with Crippen molar-refractivity contribution < 1.29 is 8.42 Å². The van der Waals surface area contributed by atoms with Gasteiger partial charge in [0.05, 0.1) is 6.33 Å². The van der Waals surface area contributed by atoms with Crippen molar-refractivity contribution in [1.29, 1.82) is 0 Å². The van der Waals surface area contributed by atoms with E-state index >= 15 is 0 Å². The number of hydrogen-bond donors (Lipinski definition) is 0. The Morgan fingerprint density at radius 3 is 2.38 bits per heavy atom. The van der Waals surface area contributed by atoms with Crippen LogP contribution in [0.15, 0.2) is 29.6 Å². The molecule has 2 heterocycles. The van der Waals surface area contributed by atoms with E-state index in [1.54, 1.807) is 7.05 Å². The maximum Gasteiger partial charge on any atom is 0.263 e. The molecule has 8 heteroatoms. The van der Waals surface area contributed by atoms with Crippen LogP contribution in [-0.2, 0) is 17.1 Å². The summed E-state index contributed by atoms with van der Waals surface area (Å²) in [5.41, 5.74) is 3.65. The molecule has 1 saturated heterocycles. The van der Waals surface area contributed by atoms with Crippen LogP contribution in [0.4, 0.5) is 5.69 Å². The van der Waals surface area contributed by atoms with Gasteiger partial charge in [0, 0.05) is 38.9 Å². The van der Waals surface area contributed by atoms with Crippen LogP contribution in [-0.4, -0.2) is 48.5 Å². The monoisotopic (exact) mass is 368 g/mol. The molecule has 0 amide bonds. The van der Waals surface area contributed by atoms with Crippen LogP contribution in [0, 0.1) is 13.8 Å². The Bertz CT molecular complexity index is 855. The molecule has 1 aromatic heterocycles. The third-order valence-corrected chi connectivity index (χ3v) is 6.96. The van der Waals surface area contributed by atoms with E-state index in [1.165, 1.54) is 32.0 Å². The number of halogens is 1. The van der Waals surface area contributed by atoms with E-state index in [2.05, 4.69) is 35.9 Å². The van der Waals surface area contributed by atoms with E-state index < -0.39 is 10.0 Å². The van der Waals surface area contributed by atoms with Gasteiger partial charge in [-0.05, 0) is 31.0 Å². The van der Waals surface area contributed by atoms with Gasteiger partial charge in [-0.25, -0.2) is 13.4 Å². The van der Waals surface area contributed by atoms with Crippen molar-refractivity contribution in [3.05, 3.63) is 40.8 Å². The fraction of sp³-hybridized carbons (Fsp3) is 0.438. The number of rotatable bonds is 3. The van der Waals surface area contributed by atoms with Crippen molar-refractivity contribution in [2.24, 2.45) is 7.05 Å². The molecule has 1 aromatic carbocycles. The van der Waals surface area contributed by atoms with Crippen LogP contribution in [0.5, 0.6) is 0 Å². The summed E-state index contributed by atoms with van der Waals surface area (Å²) in [6.07, 6.45) is 1.42. The number of aromatic nitrogens is 2. The lowest BCUT2D eigenvalue weighted by Gasteiger charge is -2.36. The van der Waals surface area contributed by atoms with Gasteiger partial charge >= 0.3 is 0 Å². The first kappa shape index (κ1) is 17.3. The molecule has 1 aliphatic heterocycles. The van der Waals surface area contributed by atoms with Gasteiger partial charge in [-0.15, -0.1) is 0 Å². The molecule has 2 aromatic rings. The maximum absolute atomic E-state index is 12.7. The SMILES string of the molecule is Cc1cccc(N2CCN(S(=O)(=O)c3ncn(C)c3Cl)CC2)c1C. The second-order valence-corrected chi connectivity index (χ2v) is 8.27. The summed E-state index contributed by atoms with van der Waals surface area (Å²) >= 11 is 6.06. The van der Waals surface area contributed by atoms with Gasteiger partial charge < -0.3 is 9.47 Å². The van der Waals surface area contributed by atoms with Gasteiger partial charge in [-0.2, -0.15) is 4.31 Å². The number of aryl methyl sites for hydroxylation is 2. The minimum absolute atomic E-state index is 0.0631. The van der Waals surface area contributed by atoms with Gasteiger partial charge in [0.2, 0.25) is 5.03 Å². The molecule has 3 rings (SSSR count). The lowest BCUT2D eigenvalue weighted by atomic mass is 10.1. The van der Waals surface area contributed by atoms with Crippen molar-refractivity contribution in [3.8, 4) is 0 Å². The fourth-order valence-electron chi connectivity index (χ4n) is 2.94. The maximum atomic E-state index is 12.7. The molecule has 0 N–H and O–H groups in total. The van der Waals surface area contributed by atoms with E-state index in [-0.39, 0.29) is 10.2 Å². The second-order valence-electron chi connectivity index (χ2n) is 6.06. The van der Waals surface area contributed by atoms with Gasteiger partial charge in [-0.1, -0.05) is 23.7 Å². The molecule has 0 atom stereocenters. The summed E-state index contributed by atoms with van der Waals surface area (Å²) in [7, 11) is -1.98. The highest BCUT2D eigenvalue weighted by Gasteiger charge is 2.32. The van der Waals surface area contributed by atoms with Crippen LogP contribution in [0.2, 0.25) is 5.15 Å². The molecule has 24 heavy (non-hydrogen) atoms. The molecule has 0 saturated carbocycles. The Kier molecular flexibility index (Phi) is 4.59. The average molecular weight is 369 g/mol. The number of hydrogen-bond acceptors (Lipinski definition) is 4. The average Bonchev–Trinajstić information content (AvgIpc) is 2.90. The minimum Gasteiger partial charge on any atom is -0.369 e. The molecule has 0 spiro atoms.